The molecule has 0 unspecified atom stereocenters. The molecular weight excluding hydrogens is 233 g/mol. The van der Waals surface area contributed by atoms with E-state index in [4.69, 9.17) is 16.3 Å². The zero-order valence-corrected chi connectivity index (χ0v) is 8.31. The van der Waals surface area contributed by atoms with Gasteiger partial charge in [0.25, 0.3) is 0 Å². The fourth-order valence-corrected chi connectivity index (χ4v) is 1.01. The molecule has 15 heavy (non-hydrogen) atoms. The first-order valence-corrected chi connectivity index (χ1v) is 4.38. The minimum Gasteiger partial charge on any atom is -0.466 e. The molecule has 1 rings (SSSR count). The van der Waals surface area contributed by atoms with E-state index in [9.17, 15) is 13.2 Å². The van der Waals surface area contributed by atoms with Crippen LogP contribution in [-0.2, 0) is 4.74 Å². The Kier molecular flexibility index (Phi) is 4.23. The maximum atomic E-state index is 11.7. The number of rotatable bonds is 4. The van der Waals surface area contributed by atoms with Gasteiger partial charge in [0.2, 0.25) is 0 Å². The average molecular weight is 241 g/mol. The molecule has 0 atom stereocenters. The minimum absolute atomic E-state index is 0.293. The number of hydrogen-bond donors (Lipinski definition) is 0. The smallest absolute Gasteiger partial charge is 0.411 e. The summed E-state index contributed by atoms with van der Waals surface area (Å²) in [6.07, 6.45) is -4.34. The van der Waals surface area contributed by atoms with Gasteiger partial charge in [-0.25, -0.2) is 0 Å². The topological polar surface area (TPSA) is 18.5 Å². The Morgan fingerprint density at radius 3 is 2.47 bits per heavy atom. The first-order valence-electron chi connectivity index (χ1n) is 4.01. The van der Waals surface area contributed by atoms with E-state index in [0.29, 0.717) is 10.8 Å². The highest BCUT2D eigenvalue weighted by atomic mass is 35.5. The quantitative estimate of drug-likeness (QED) is 0.594. The zero-order valence-electron chi connectivity index (χ0n) is 7.55. The highest BCUT2D eigenvalue weighted by Crippen LogP contribution is 2.23. The number of halogens is 4. The van der Waals surface area contributed by atoms with Crippen LogP contribution in [0.3, 0.4) is 0 Å². The molecule has 0 radical (unpaired) electrons. The van der Waals surface area contributed by atoms with Crippen molar-refractivity contribution in [2.75, 3.05) is 13.4 Å². The summed E-state index contributed by atoms with van der Waals surface area (Å²) >= 11 is 5.69. The van der Waals surface area contributed by atoms with Crippen LogP contribution in [-0.4, -0.2) is 19.6 Å². The molecular formula is C9H8ClF3O2. The van der Waals surface area contributed by atoms with Crippen molar-refractivity contribution in [1.82, 2.24) is 0 Å². The van der Waals surface area contributed by atoms with Gasteiger partial charge in [0, 0.05) is 0 Å². The lowest BCUT2D eigenvalue weighted by atomic mass is 10.3. The van der Waals surface area contributed by atoms with Crippen molar-refractivity contribution in [3.05, 3.63) is 29.3 Å². The van der Waals surface area contributed by atoms with Gasteiger partial charge in [-0.2, -0.15) is 13.2 Å². The first kappa shape index (κ1) is 12.1. The Balaban J connectivity index is 2.30. The third-order valence-electron chi connectivity index (χ3n) is 1.40. The Morgan fingerprint density at radius 1 is 1.20 bits per heavy atom. The largest absolute Gasteiger partial charge is 0.466 e. The van der Waals surface area contributed by atoms with Crippen molar-refractivity contribution in [1.29, 1.82) is 0 Å². The van der Waals surface area contributed by atoms with Gasteiger partial charge in [0.1, 0.15) is 12.4 Å². The fourth-order valence-electron chi connectivity index (χ4n) is 0.824. The second kappa shape index (κ2) is 5.23. The summed E-state index contributed by atoms with van der Waals surface area (Å²) in [4.78, 5) is 0. The minimum atomic E-state index is -4.34. The van der Waals surface area contributed by atoms with Crippen LogP contribution in [0.15, 0.2) is 24.3 Å². The fraction of sp³-hybridized carbons (Fsp3) is 0.333. The molecule has 0 saturated heterocycles. The standard InChI is InChI=1S/C9H8ClF3O2/c10-7-3-1-2-4-8(7)15-6-14-5-9(11,12)13/h1-4H,5-6H2. The third kappa shape index (κ3) is 4.90. The van der Waals surface area contributed by atoms with E-state index in [2.05, 4.69) is 4.74 Å². The molecule has 6 heteroatoms. The van der Waals surface area contributed by atoms with E-state index in [1.54, 1.807) is 24.3 Å². The number of hydrogen-bond acceptors (Lipinski definition) is 2. The number of para-hydroxylation sites is 1. The van der Waals surface area contributed by atoms with Crippen molar-refractivity contribution >= 4 is 11.6 Å². The van der Waals surface area contributed by atoms with Crippen molar-refractivity contribution in [2.45, 2.75) is 6.18 Å². The maximum Gasteiger partial charge on any atom is 0.411 e. The van der Waals surface area contributed by atoms with E-state index >= 15 is 0 Å². The van der Waals surface area contributed by atoms with Crippen molar-refractivity contribution < 1.29 is 22.6 Å². The molecule has 0 heterocycles. The monoisotopic (exact) mass is 240 g/mol. The first-order chi connectivity index (χ1) is 6.99. The normalized spacial score (nSPS) is 11.5. The van der Waals surface area contributed by atoms with Gasteiger partial charge in [0.15, 0.2) is 6.79 Å². The summed E-state index contributed by atoms with van der Waals surface area (Å²) in [5, 5.41) is 0.327. The van der Waals surface area contributed by atoms with Gasteiger partial charge in [0.05, 0.1) is 5.02 Å². The van der Waals surface area contributed by atoms with Crippen LogP contribution < -0.4 is 4.74 Å². The van der Waals surface area contributed by atoms with E-state index in [-0.39, 0.29) is 0 Å². The SMILES string of the molecule is FC(F)(F)COCOc1ccccc1Cl. The van der Waals surface area contributed by atoms with Crippen LogP contribution in [0.4, 0.5) is 13.2 Å². The molecule has 0 fully saturated rings. The van der Waals surface area contributed by atoms with E-state index in [1.807, 2.05) is 0 Å². The van der Waals surface area contributed by atoms with E-state index in [0.717, 1.165) is 0 Å². The summed E-state index contributed by atoms with van der Waals surface area (Å²) in [6, 6.07) is 6.46. The van der Waals surface area contributed by atoms with Gasteiger partial charge < -0.3 is 9.47 Å². The van der Waals surface area contributed by atoms with Crippen molar-refractivity contribution in [3.63, 3.8) is 0 Å². The molecule has 84 valence electrons. The lowest BCUT2D eigenvalue weighted by Crippen LogP contribution is -2.19. The summed E-state index contributed by atoms with van der Waals surface area (Å²) in [7, 11) is 0. The number of benzene rings is 1. The van der Waals surface area contributed by atoms with Gasteiger partial charge in [-0.1, -0.05) is 23.7 Å². The van der Waals surface area contributed by atoms with Crippen LogP contribution >= 0.6 is 11.6 Å². The molecule has 0 bridgehead atoms. The Morgan fingerprint density at radius 2 is 1.87 bits per heavy atom. The molecule has 0 aliphatic heterocycles. The predicted octanol–water partition coefficient (Wildman–Crippen LogP) is 3.26. The van der Waals surface area contributed by atoms with E-state index < -0.39 is 19.6 Å². The molecule has 0 N–H and O–H groups in total. The average Bonchev–Trinajstić information content (AvgIpc) is 2.13. The molecule has 0 saturated carbocycles. The predicted molar refractivity (Wildman–Crippen MR) is 49.0 cm³/mol. The molecule has 0 aliphatic rings. The van der Waals surface area contributed by atoms with Gasteiger partial charge >= 0.3 is 6.18 Å². The second-order valence-corrected chi connectivity index (χ2v) is 3.06. The highest BCUT2D eigenvalue weighted by Gasteiger charge is 2.27. The third-order valence-corrected chi connectivity index (χ3v) is 1.71. The van der Waals surface area contributed by atoms with Gasteiger partial charge in [-0.05, 0) is 12.1 Å². The van der Waals surface area contributed by atoms with Crippen LogP contribution in [0, 0.1) is 0 Å². The maximum absolute atomic E-state index is 11.7. The second-order valence-electron chi connectivity index (χ2n) is 2.66. The molecule has 0 aromatic heterocycles. The molecule has 0 spiro atoms. The molecule has 1 aromatic carbocycles. The molecule has 2 nitrogen and oxygen atoms in total. The summed E-state index contributed by atoms with van der Waals surface area (Å²) in [5.74, 6) is 0.293. The van der Waals surface area contributed by atoms with Gasteiger partial charge in [-0.3, -0.25) is 0 Å². The Labute approximate surface area is 89.6 Å². The zero-order chi connectivity index (χ0) is 11.3. The Hall–Kier alpha value is -0.940. The summed E-state index contributed by atoms with van der Waals surface area (Å²) < 4.78 is 44.1. The molecule has 0 aliphatic carbocycles. The number of alkyl halides is 3. The molecule has 1 aromatic rings. The lowest BCUT2D eigenvalue weighted by molar-refractivity contribution is -0.186. The summed E-state index contributed by atoms with van der Waals surface area (Å²) in [6.45, 7) is -1.82. The lowest BCUT2D eigenvalue weighted by Gasteiger charge is -2.09. The van der Waals surface area contributed by atoms with Crippen LogP contribution in [0.5, 0.6) is 5.75 Å². The summed E-state index contributed by atoms with van der Waals surface area (Å²) in [5.41, 5.74) is 0. The van der Waals surface area contributed by atoms with Crippen molar-refractivity contribution in [2.24, 2.45) is 0 Å². The van der Waals surface area contributed by atoms with Crippen LogP contribution in [0.1, 0.15) is 0 Å². The van der Waals surface area contributed by atoms with E-state index in [1.165, 1.54) is 0 Å². The van der Waals surface area contributed by atoms with Gasteiger partial charge in [-0.15, -0.1) is 0 Å². The highest BCUT2D eigenvalue weighted by molar-refractivity contribution is 6.32. The number of ether oxygens (including phenoxy) is 2. The van der Waals surface area contributed by atoms with Crippen LogP contribution in [0.2, 0.25) is 5.02 Å². The van der Waals surface area contributed by atoms with Crippen LogP contribution in [0.25, 0.3) is 0 Å². The Bertz CT molecular complexity index is 314. The van der Waals surface area contributed by atoms with Crippen molar-refractivity contribution in [3.8, 4) is 5.75 Å². The molecule has 0 amide bonds.